The van der Waals surface area contributed by atoms with Crippen molar-refractivity contribution in [3.63, 3.8) is 0 Å². The molecule has 2 rings (SSSR count). The van der Waals surface area contributed by atoms with E-state index in [1.54, 1.807) is 34.6 Å². The molecule has 1 fully saturated rings. The Balaban J connectivity index is 2.71. The van der Waals surface area contributed by atoms with Crippen molar-refractivity contribution >= 4 is 74.8 Å². The standard InChI is InChI=1S/C45H71N11O14S/c1-6-8-9-28(40(63)54-31(20-24(3)4)39(62)49-23-36(48)60)51-42(65)30-16-18-71(69,70)19-17-37(61)50-32(21-26-10-12-27(57)13-11-26)44(67)56-38(25(5)7-2)45(68)53-29(14-15-34(46)58)41(64)55-33(22-35(47)59)43(66)52-30/h10-13,24-25,28-33,38,57H,6-9,14-23H2,1-5H3,(H2,46,58)(H2,47,59)(H2,48,60)(H,49,62)(H,50,61)(H,51,65)(H,52,66)(H,53,68)(H,54,63)(H,55,64)(H,56,67)/t25-,28-,29-,30-,31-,32-,33-,38-/m0/s1. The van der Waals surface area contributed by atoms with E-state index in [9.17, 15) is 66.3 Å². The molecule has 1 aromatic carbocycles. The van der Waals surface area contributed by atoms with Crippen LogP contribution in [0.3, 0.4) is 0 Å². The van der Waals surface area contributed by atoms with Crippen molar-refractivity contribution in [1.29, 1.82) is 0 Å². The van der Waals surface area contributed by atoms with Gasteiger partial charge in [-0.05, 0) is 55.2 Å². The van der Waals surface area contributed by atoms with Crippen molar-refractivity contribution < 1.29 is 66.3 Å². The van der Waals surface area contributed by atoms with Crippen molar-refractivity contribution in [1.82, 2.24) is 42.5 Å². The molecule has 1 aliphatic rings. The van der Waals surface area contributed by atoms with E-state index in [1.807, 2.05) is 0 Å². The van der Waals surface area contributed by atoms with Crippen molar-refractivity contribution in [2.24, 2.45) is 29.0 Å². The molecule has 1 heterocycles. The van der Waals surface area contributed by atoms with Crippen LogP contribution in [0.2, 0.25) is 0 Å². The lowest BCUT2D eigenvalue weighted by Gasteiger charge is -2.29. The van der Waals surface area contributed by atoms with Crippen molar-refractivity contribution in [2.45, 2.75) is 148 Å². The van der Waals surface area contributed by atoms with E-state index in [4.69, 9.17) is 17.2 Å². The lowest BCUT2D eigenvalue weighted by molar-refractivity contribution is -0.137. The highest BCUT2D eigenvalue weighted by Gasteiger charge is 2.37. The van der Waals surface area contributed by atoms with Crippen LogP contribution in [0.25, 0.3) is 0 Å². The Kier molecular flexibility index (Phi) is 24.9. The van der Waals surface area contributed by atoms with Gasteiger partial charge in [-0.1, -0.05) is 66.0 Å². The maximum absolute atomic E-state index is 14.2. The summed E-state index contributed by atoms with van der Waals surface area (Å²) in [6.45, 7) is 8.12. The van der Waals surface area contributed by atoms with Crippen LogP contribution in [-0.2, 0) is 69.0 Å². The second kappa shape index (κ2) is 29.4. The summed E-state index contributed by atoms with van der Waals surface area (Å²) in [5.74, 6) is -13.2. The fraction of sp³-hybridized carbons (Fsp3) is 0.622. The summed E-state index contributed by atoms with van der Waals surface area (Å²) in [7, 11) is -4.29. The summed E-state index contributed by atoms with van der Waals surface area (Å²) in [4.78, 5) is 146. The van der Waals surface area contributed by atoms with Gasteiger partial charge in [0.15, 0.2) is 9.84 Å². The van der Waals surface area contributed by atoms with E-state index in [1.165, 1.54) is 24.3 Å². The number of aromatic hydroxyl groups is 1. The zero-order chi connectivity index (χ0) is 53.6. The number of nitrogens with one attached hydrogen (secondary N) is 8. The predicted molar refractivity (Wildman–Crippen MR) is 256 cm³/mol. The molecule has 71 heavy (non-hydrogen) atoms. The Morgan fingerprint density at radius 2 is 1.35 bits per heavy atom. The molecule has 1 saturated heterocycles. The third-order valence-electron chi connectivity index (χ3n) is 11.4. The van der Waals surface area contributed by atoms with Crippen LogP contribution < -0.4 is 59.7 Å². The summed E-state index contributed by atoms with van der Waals surface area (Å²) in [5, 5.41) is 29.5. The summed E-state index contributed by atoms with van der Waals surface area (Å²) in [6.07, 6.45) is -2.17. The van der Waals surface area contributed by atoms with Crippen LogP contribution >= 0.6 is 0 Å². The number of primary amides is 3. The number of carbonyl (C=O) groups excluding carboxylic acids is 11. The number of phenols is 1. The number of rotatable bonds is 21. The van der Waals surface area contributed by atoms with Crippen molar-refractivity contribution in [2.75, 3.05) is 18.1 Å². The Labute approximate surface area is 412 Å². The first-order valence-electron chi connectivity index (χ1n) is 23.5. The average Bonchev–Trinajstić information content (AvgIpc) is 3.29. The van der Waals surface area contributed by atoms with Gasteiger partial charge in [-0.15, -0.1) is 0 Å². The van der Waals surface area contributed by atoms with Crippen molar-refractivity contribution in [3.8, 4) is 5.75 Å². The normalized spacial score (nSPS) is 21.8. The minimum absolute atomic E-state index is 0.0120. The highest BCUT2D eigenvalue weighted by molar-refractivity contribution is 7.91. The topological polar surface area (TPSA) is 416 Å². The Morgan fingerprint density at radius 3 is 1.93 bits per heavy atom. The molecule has 26 heteroatoms. The minimum atomic E-state index is -4.29. The number of amides is 11. The Bertz CT molecular complexity index is 2190. The minimum Gasteiger partial charge on any atom is -0.508 e. The predicted octanol–water partition coefficient (Wildman–Crippen LogP) is -3.44. The Hall–Kier alpha value is -6.86. The first kappa shape index (κ1) is 60.3. The van der Waals surface area contributed by atoms with Gasteiger partial charge in [0.25, 0.3) is 0 Å². The van der Waals surface area contributed by atoms with Crippen LogP contribution in [0.5, 0.6) is 5.75 Å². The van der Waals surface area contributed by atoms with Crippen LogP contribution in [-0.4, -0.2) is 139 Å². The number of phenolic OH excluding ortho intramolecular Hbond substituents is 1. The molecule has 0 bridgehead atoms. The van der Waals surface area contributed by atoms with Crippen LogP contribution in [0.15, 0.2) is 24.3 Å². The lowest BCUT2D eigenvalue weighted by atomic mass is 9.96. The number of benzene rings is 1. The van der Waals surface area contributed by atoms with Gasteiger partial charge >= 0.3 is 0 Å². The number of sulfone groups is 1. The fourth-order valence-electron chi connectivity index (χ4n) is 7.21. The van der Waals surface area contributed by atoms with Gasteiger partial charge in [-0.2, -0.15) is 0 Å². The third-order valence-corrected chi connectivity index (χ3v) is 13.1. The van der Waals surface area contributed by atoms with Gasteiger partial charge in [0.1, 0.15) is 48.0 Å². The second-order valence-corrected chi connectivity index (χ2v) is 20.3. The quantitative estimate of drug-likeness (QED) is 0.0571. The van der Waals surface area contributed by atoms with Crippen molar-refractivity contribution in [3.05, 3.63) is 29.8 Å². The van der Waals surface area contributed by atoms with E-state index < -0.39 is 173 Å². The lowest BCUT2D eigenvalue weighted by Crippen LogP contribution is -2.61. The highest BCUT2D eigenvalue weighted by atomic mass is 32.2. The largest absolute Gasteiger partial charge is 0.508 e. The number of carbonyl (C=O) groups is 11. The summed E-state index contributed by atoms with van der Waals surface area (Å²) < 4.78 is 27.2. The molecule has 0 aromatic heterocycles. The summed E-state index contributed by atoms with van der Waals surface area (Å²) >= 11 is 0. The first-order valence-corrected chi connectivity index (χ1v) is 25.3. The third kappa shape index (κ3) is 22.2. The van der Waals surface area contributed by atoms with E-state index in [2.05, 4.69) is 42.5 Å². The molecule has 0 unspecified atom stereocenters. The van der Waals surface area contributed by atoms with Gasteiger partial charge in [-0.3, -0.25) is 52.7 Å². The number of unbranched alkanes of at least 4 members (excludes halogenated alkanes) is 1. The zero-order valence-electron chi connectivity index (χ0n) is 40.8. The van der Waals surface area contributed by atoms with E-state index in [0.29, 0.717) is 18.4 Å². The molecule has 11 amide bonds. The molecule has 8 atom stereocenters. The molecule has 0 radical (unpaired) electrons. The van der Waals surface area contributed by atoms with Crippen LogP contribution in [0.4, 0.5) is 0 Å². The maximum atomic E-state index is 14.2. The number of hydrogen-bond donors (Lipinski definition) is 12. The summed E-state index contributed by atoms with van der Waals surface area (Å²) in [6, 6.07) is -5.14. The van der Waals surface area contributed by atoms with E-state index >= 15 is 0 Å². The fourth-order valence-corrected chi connectivity index (χ4v) is 8.51. The molecule has 15 N–H and O–H groups in total. The molecule has 1 aromatic rings. The molecule has 1 aliphatic heterocycles. The van der Waals surface area contributed by atoms with E-state index in [-0.39, 0.29) is 37.4 Å². The van der Waals surface area contributed by atoms with Gasteiger partial charge < -0.3 is 64.8 Å². The van der Waals surface area contributed by atoms with Gasteiger partial charge in [-0.25, -0.2) is 8.42 Å². The van der Waals surface area contributed by atoms with Gasteiger partial charge in [0, 0.05) is 19.3 Å². The molecular formula is C45H71N11O14S. The Morgan fingerprint density at radius 1 is 0.732 bits per heavy atom. The molecule has 0 aliphatic carbocycles. The second-order valence-electron chi connectivity index (χ2n) is 18.0. The maximum Gasteiger partial charge on any atom is 0.243 e. The first-order chi connectivity index (χ1) is 33.2. The highest BCUT2D eigenvalue weighted by Crippen LogP contribution is 2.15. The monoisotopic (exact) mass is 1020 g/mol. The van der Waals surface area contributed by atoms with Gasteiger partial charge in [0.2, 0.25) is 65.0 Å². The molecular weight excluding hydrogens is 951 g/mol. The van der Waals surface area contributed by atoms with Gasteiger partial charge in [0.05, 0.1) is 24.5 Å². The SMILES string of the molecule is CCCC[C@H](NC(=O)[C@@H]1CCS(=O)(=O)CCC(=O)N[C@@H](Cc2ccc(O)cc2)C(=O)N[C@@H]([C@@H](C)CC)C(=O)N[C@@H](CCC(N)=O)C(=O)N[C@@H](CC(N)=O)C(=O)N1)C(=O)N[C@@H](CC(C)C)C(=O)NCC(N)=O. The average molecular weight is 1020 g/mol. The molecule has 0 spiro atoms. The molecule has 0 saturated carbocycles. The zero-order valence-corrected chi connectivity index (χ0v) is 41.6. The number of hydrogen-bond acceptors (Lipinski definition) is 14. The number of nitrogens with two attached hydrogens (primary N) is 3. The summed E-state index contributed by atoms with van der Waals surface area (Å²) in [5.41, 5.74) is 16.5. The molecule has 396 valence electrons. The molecule has 25 nitrogen and oxygen atoms in total. The van der Waals surface area contributed by atoms with Crippen LogP contribution in [0, 0.1) is 11.8 Å². The van der Waals surface area contributed by atoms with E-state index in [0.717, 1.165) is 0 Å². The smallest absolute Gasteiger partial charge is 0.243 e. The van der Waals surface area contributed by atoms with Crippen LogP contribution in [0.1, 0.15) is 104 Å².